The topological polar surface area (TPSA) is 85.4 Å². The second-order valence-corrected chi connectivity index (χ2v) is 6.93. The maximum absolute atomic E-state index is 12.3. The van der Waals surface area contributed by atoms with Crippen LogP contribution in [0.4, 0.5) is 0 Å². The highest BCUT2D eigenvalue weighted by atomic mass is 32.2. The van der Waals surface area contributed by atoms with Crippen molar-refractivity contribution >= 4 is 15.9 Å². The third-order valence-corrected chi connectivity index (χ3v) is 4.45. The predicted octanol–water partition coefficient (Wildman–Crippen LogP) is 2.30. The first-order valence-electron chi connectivity index (χ1n) is 7.04. The number of carbonyl (C=O) groups excluding carboxylic acids is 1. The Balaban J connectivity index is 2.23. The molecular weight excluding hydrogens is 316 g/mol. The average molecular weight is 334 g/mol. The summed E-state index contributed by atoms with van der Waals surface area (Å²) in [5.74, 6) is -0.351. The molecule has 1 N–H and O–H groups in total. The molecule has 1 aromatic carbocycles. The molecule has 0 aliphatic carbocycles. The van der Waals surface area contributed by atoms with E-state index < -0.39 is 15.9 Å². The van der Waals surface area contributed by atoms with Crippen molar-refractivity contribution in [3.05, 3.63) is 53.9 Å². The molecule has 7 heteroatoms. The van der Waals surface area contributed by atoms with Gasteiger partial charge in [0, 0.05) is 6.20 Å². The number of hydrogen-bond donors (Lipinski definition) is 1. The molecule has 0 saturated carbocycles. The van der Waals surface area contributed by atoms with E-state index in [-0.39, 0.29) is 16.6 Å². The predicted molar refractivity (Wildman–Crippen MR) is 85.8 cm³/mol. The average Bonchev–Trinajstić information content (AvgIpc) is 2.46. The van der Waals surface area contributed by atoms with Crippen LogP contribution in [0.2, 0.25) is 0 Å². The fourth-order valence-corrected chi connectivity index (χ4v) is 3.20. The lowest BCUT2D eigenvalue weighted by atomic mass is 10.2. The van der Waals surface area contributed by atoms with Crippen LogP contribution in [0.1, 0.15) is 29.8 Å². The van der Waals surface area contributed by atoms with Crippen molar-refractivity contribution in [2.24, 2.45) is 0 Å². The molecule has 2 aromatic rings. The van der Waals surface area contributed by atoms with Crippen LogP contribution in [-0.4, -0.2) is 25.4 Å². The van der Waals surface area contributed by atoms with Crippen LogP contribution in [0.5, 0.6) is 5.75 Å². The minimum Gasteiger partial charge on any atom is -0.489 e. The molecule has 0 aliphatic rings. The molecule has 122 valence electrons. The molecule has 0 bridgehead atoms. The number of nitrogens with zero attached hydrogens (tertiary/aromatic N) is 1. The Hall–Kier alpha value is -2.41. The second kappa shape index (κ2) is 6.78. The van der Waals surface area contributed by atoms with Crippen LogP contribution < -0.4 is 9.46 Å². The number of benzene rings is 1. The van der Waals surface area contributed by atoms with Crippen molar-refractivity contribution in [2.75, 3.05) is 0 Å². The molecule has 1 amide bonds. The first kappa shape index (κ1) is 17.0. The summed E-state index contributed by atoms with van der Waals surface area (Å²) in [6, 6.07) is 7.90. The third-order valence-electron chi connectivity index (χ3n) is 2.96. The number of amides is 1. The zero-order valence-electron chi connectivity index (χ0n) is 13.1. The van der Waals surface area contributed by atoms with Crippen LogP contribution in [0, 0.1) is 6.92 Å². The molecule has 0 radical (unpaired) electrons. The zero-order valence-corrected chi connectivity index (χ0v) is 13.9. The van der Waals surface area contributed by atoms with Crippen molar-refractivity contribution < 1.29 is 17.9 Å². The Morgan fingerprint density at radius 1 is 1.22 bits per heavy atom. The molecule has 0 unspecified atom stereocenters. The van der Waals surface area contributed by atoms with Crippen LogP contribution in [0.3, 0.4) is 0 Å². The van der Waals surface area contributed by atoms with E-state index in [0.29, 0.717) is 11.3 Å². The number of aromatic nitrogens is 1. The minimum absolute atomic E-state index is 0.0656. The largest absolute Gasteiger partial charge is 0.489 e. The van der Waals surface area contributed by atoms with Crippen molar-refractivity contribution in [3.8, 4) is 5.75 Å². The Morgan fingerprint density at radius 3 is 2.57 bits per heavy atom. The summed E-state index contributed by atoms with van der Waals surface area (Å²) in [5, 5.41) is 0. The van der Waals surface area contributed by atoms with E-state index in [9.17, 15) is 13.2 Å². The van der Waals surface area contributed by atoms with Gasteiger partial charge in [0.1, 0.15) is 5.75 Å². The number of hydrogen-bond acceptors (Lipinski definition) is 5. The maximum atomic E-state index is 12.3. The van der Waals surface area contributed by atoms with E-state index in [1.807, 2.05) is 18.6 Å². The molecule has 6 nitrogen and oxygen atoms in total. The van der Waals surface area contributed by atoms with Gasteiger partial charge < -0.3 is 4.74 Å². The van der Waals surface area contributed by atoms with Crippen molar-refractivity contribution in [1.29, 1.82) is 0 Å². The third kappa shape index (κ3) is 4.29. The number of rotatable bonds is 5. The number of aryl methyl sites for hydroxylation is 1. The highest BCUT2D eigenvalue weighted by Gasteiger charge is 2.20. The number of ether oxygens (including phenoxy) is 1. The van der Waals surface area contributed by atoms with Crippen LogP contribution in [0.15, 0.2) is 47.6 Å². The first-order chi connectivity index (χ1) is 10.8. The quantitative estimate of drug-likeness (QED) is 0.907. The Morgan fingerprint density at radius 2 is 1.91 bits per heavy atom. The molecule has 1 heterocycles. The molecule has 0 fully saturated rings. The molecule has 0 atom stereocenters. The standard InChI is InChI=1S/C16H18N2O4S/c1-11(2)22-14-8-13(9-17-10-14)16(19)18-23(20,21)15-7-5-4-6-12(15)3/h4-11H,1-3H3,(H,18,19). The van der Waals surface area contributed by atoms with E-state index in [2.05, 4.69) is 4.98 Å². The smallest absolute Gasteiger partial charge is 0.266 e. The molecular formula is C16H18N2O4S. The molecule has 2 rings (SSSR count). The van der Waals surface area contributed by atoms with Crippen LogP contribution in [0.25, 0.3) is 0 Å². The lowest BCUT2D eigenvalue weighted by Crippen LogP contribution is -2.31. The second-order valence-electron chi connectivity index (χ2n) is 5.28. The van der Waals surface area contributed by atoms with Gasteiger partial charge in [0.15, 0.2) is 0 Å². The summed E-state index contributed by atoms with van der Waals surface area (Å²) in [5.41, 5.74) is 0.670. The number of sulfonamides is 1. The lowest BCUT2D eigenvalue weighted by Gasteiger charge is -2.11. The van der Waals surface area contributed by atoms with Crippen molar-refractivity contribution in [3.63, 3.8) is 0 Å². The SMILES string of the molecule is Cc1ccccc1S(=O)(=O)NC(=O)c1cncc(OC(C)C)c1. The van der Waals surface area contributed by atoms with E-state index in [4.69, 9.17) is 4.74 Å². The summed E-state index contributed by atoms with van der Waals surface area (Å²) >= 11 is 0. The maximum Gasteiger partial charge on any atom is 0.266 e. The van der Waals surface area contributed by atoms with Crippen molar-refractivity contribution in [1.82, 2.24) is 9.71 Å². The van der Waals surface area contributed by atoms with Gasteiger partial charge in [-0.15, -0.1) is 0 Å². The van der Waals surface area contributed by atoms with Crippen LogP contribution in [-0.2, 0) is 10.0 Å². The van der Waals surface area contributed by atoms with Gasteiger partial charge in [-0.05, 0) is 38.5 Å². The highest BCUT2D eigenvalue weighted by molar-refractivity contribution is 7.90. The first-order valence-corrected chi connectivity index (χ1v) is 8.52. The van der Waals surface area contributed by atoms with Gasteiger partial charge >= 0.3 is 0 Å². The summed E-state index contributed by atoms with van der Waals surface area (Å²) in [7, 11) is -3.94. The van der Waals surface area contributed by atoms with Gasteiger partial charge in [-0.2, -0.15) is 0 Å². The summed E-state index contributed by atoms with van der Waals surface area (Å²) in [4.78, 5) is 16.2. The molecule has 1 aromatic heterocycles. The van der Waals surface area contributed by atoms with Crippen LogP contribution >= 0.6 is 0 Å². The van der Waals surface area contributed by atoms with Gasteiger partial charge in [0.25, 0.3) is 15.9 Å². The highest BCUT2D eigenvalue weighted by Crippen LogP contribution is 2.16. The number of pyridine rings is 1. The van der Waals surface area contributed by atoms with E-state index in [1.54, 1.807) is 25.1 Å². The normalized spacial score (nSPS) is 11.3. The monoisotopic (exact) mass is 334 g/mol. The Bertz CT molecular complexity index is 816. The zero-order chi connectivity index (χ0) is 17.0. The molecule has 0 spiro atoms. The van der Waals surface area contributed by atoms with E-state index >= 15 is 0 Å². The summed E-state index contributed by atoms with van der Waals surface area (Å²) in [6.45, 7) is 5.35. The Kier molecular flexibility index (Phi) is 5.00. The molecule has 23 heavy (non-hydrogen) atoms. The minimum atomic E-state index is -3.94. The summed E-state index contributed by atoms with van der Waals surface area (Å²) in [6.07, 6.45) is 2.67. The van der Waals surface area contributed by atoms with E-state index in [1.165, 1.54) is 24.5 Å². The Labute approximate surface area is 135 Å². The molecule has 0 saturated heterocycles. The lowest BCUT2D eigenvalue weighted by molar-refractivity contribution is 0.0980. The number of carbonyl (C=O) groups is 1. The fraction of sp³-hybridized carbons (Fsp3) is 0.250. The summed E-state index contributed by atoms with van der Waals surface area (Å²) < 4.78 is 32.1. The van der Waals surface area contributed by atoms with E-state index in [0.717, 1.165) is 0 Å². The van der Waals surface area contributed by atoms with Gasteiger partial charge in [-0.3, -0.25) is 9.78 Å². The fourth-order valence-electron chi connectivity index (χ4n) is 1.97. The van der Waals surface area contributed by atoms with Gasteiger partial charge in [0.05, 0.1) is 22.8 Å². The van der Waals surface area contributed by atoms with Gasteiger partial charge in [-0.25, -0.2) is 13.1 Å². The van der Waals surface area contributed by atoms with Crippen molar-refractivity contribution in [2.45, 2.75) is 31.8 Å². The van der Waals surface area contributed by atoms with Gasteiger partial charge in [-0.1, -0.05) is 18.2 Å². The number of nitrogens with one attached hydrogen (secondary N) is 1. The van der Waals surface area contributed by atoms with Gasteiger partial charge in [0.2, 0.25) is 0 Å². The molecule has 0 aliphatic heterocycles.